The third kappa shape index (κ3) is 20.1. The molecule has 0 rings (SSSR count). The van der Waals surface area contributed by atoms with Crippen LogP contribution in [0.25, 0.3) is 0 Å². The van der Waals surface area contributed by atoms with E-state index in [-0.39, 0.29) is 89.2 Å². The zero-order valence-electron chi connectivity index (χ0n) is 26.4. The quantitative estimate of drug-likeness (QED) is 0.112. The molecule has 0 aromatic carbocycles. The first-order valence-electron chi connectivity index (χ1n) is 13.3. The molecule has 0 saturated heterocycles. The van der Waals surface area contributed by atoms with E-state index in [1.807, 2.05) is 83.5 Å². The molecule has 0 aliphatic heterocycles. The third-order valence-electron chi connectivity index (χ3n) is 5.15. The van der Waals surface area contributed by atoms with Crippen LogP contribution in [0.1, 0.15) is 81.6 Å². The summed E-state index contributed by atoms with van der Waals surface area (Å²) in [4.78, 5) is 36.3. The highest BCUT2D eigenvalue weighted by Crippen LogP contribution is 2.22. The number of carbonyl (C=O) groups is 3. The molecule has 10 nitrogen and oxygen atoms in total. The number of nitrogens with zero attached hydrogens (tertiary/aromatic N) is 1. The van der Waals surface area contributed by atoms with E-state index >= 15 is 0 Å². The van der Waals surface area contributed by atoms with Crippen LogP contribution in [0.2, 0.25) is 0 Å². The van der Waals surface area contributed by atoms with Crippen LogP contribution in [-0.2, 0) is 42.8 Å². The van der Waals surface area contributed by atoms with Gasteiger partial charge in [0.15, 0.2) is 5.54 Å². The van der Waals surface area contributed by atoms with Crippen LogP contribution >= 0.6 is 0 Å². The van der Waals surface area contributed by atoms with Crippen LogP contribution < -0.4 is 12.4 Å². The second-order valence-electron chi connectivity index (χ2n) is 13.4. The van der Waals surface area contributed by atoms with Gasteiger partial charge < -0.3 is 45.3 Å². The van der Waals surface area contributed by atoms with E-state index in [1.54, 1.807) is 0 Å². The first-order valence-corrected chi connectivity index (χ1v) is 13.3. The predicted octanol–water partition coefficient (Wildman–Crippen LogP) is 0.681. The van der Waals surface area contributed by atoms with Gasteiger partial charge in [0.2, 0.25) is 0 Å². The number of halogens is 1. The van der Waals surface area contributed by atoms with Crippen LogP contribution in [-0.4, -0.2) is 106 Å². The lowest BCUT2D eigenvalue weighted by atomic mass is 9.99. The van der Waals surface area contributed by atoms with Gasteiger partial charge in [-0.15, -0.1) is 0 Å². The van der Waals surface area contributed by atoms with Gasteiger partial charge in [0.05, 0.1) is 60.2 Å². The van der Waals surface area contributed by atoms with Crippen molar-refractivity contribution in [2.45, 2.75) is 104 Å². The number of hydrogen-bond acceptors (Lipinski definition) is 9. The molecule has 11 heteroatoms. The number of hydrogen-bond donors (Lipinski definition) is 0. The smallest absolute Gasteiger partial charge is 0.308 e. The minimum Gasteiger partial charge on any atom is -1.00 e. The zero-order chi connectivity index (χ0) is 29.8. The predicted molar refractivity (Wildman–Crippen MR) is 145 cm³/mol. The summed E-state index contributed by atoms with van der Waals surface area (Å²) in [6.07, 6.45) is 0.344. The summed E-state index contributed by atoms with van der Waals surface area (Å²) in [6.45, 7) is 17.5. The molecule has 0 aliphatic rings. The van der Waals surface area contributed by atoms with Crippen molar-refractivity contribution in [1.29, 1.82) is 0 Å². The van der Waals surface area contributed by atoms with Crippen molar-refractivity contribution >= 4 is 17.9 Å². The highest BCUT2D eigenvalue weighted by atomic mass is 35.5. The lowest BCUT2D eigenvalue weighted by Crippen LogP contribution is -3.00. The van der Waals surface area contributed by atoms with Crippen molar-refractivity contribution in [1.82, 2.24) is 0 Å². The van der Waals surface area contributed by atoms with Gasteiger partial charge in [-0.1, -0.05) is 0 Å². The Morgan fingerprint density at radius 2 is 0.744 bits per heavy atom. The molecule has 0 bridgehead atoms. The first-order chi connectivity index (χ1) is 17.1. The van der Waals surface area contributed by atoms with E-state index < -0.39 is 22.3 Å². The van der Waals surface area contributed by atoms with E-state index in [9.17, 15) is 14.4 Å². The molecule has 0 N–H and O–H groups in total. The molecule has 0 fully saturated rings. The molecule has 0 radical (unpaired) electrons. The Labute approximate surface area is 242 Å². The maximum atomic E-state index is 12.1. The number of likely N-dealkylation sites (N-methyl/N-ethyl adjacent to an activating group) is 1. The maximum absolute atomic E-state index is 12.1. The van der Waals surface area contributed by atoms with Crippen molar-refractivity contribution in [3.05, 3.63) is 0 Å². The molecule has 232 valence electrons. The molecular weight excluding hydrogens is 530 g/mol. The van der Waals surface area contributed by atoms with E-state index in [4.69, 9.17) is 28.4 Å². The Morgan fingerprint density at radius 3 is 0.923 bits per heavy atom. The van der Waals surface area contributed by atoms with Gasteiger partial charge in [-0.25, -0.2) is 0 Å². The average molecular weight is 584 g/mol. The lowest BCUT2D eigenvalue weighted by molar-refractivity contribution is -0.926. The molecule has 39 heavy (non-hydrogen) atoms. The van der Waals surface area contributed by atoms with Gasteiger partial charge in [0.25, 0.3) is 0 Å². The Bertz CT molecular complexity index is 656. The van der Waals surface area contributed by atoms with Crippen molar-refractivity contribution in [3.8, 4) is 0 Å². The molecule has 0 aromatic heterocycles. The average Bonchev–Trinajstić information content (AvgIpc) is 2.66. The molecule has 0 saturated carbocycles. The summed E-state index contributed by atoms with van der Waals surface area (Å²) >= 11 is 0. The van der Waals surface area contributed by atoms with Crippen LogP contribution in [0.4, 0.5) is 0 Å². The first kappa shape index (κ1) is 39.7. The summed E-state index contributed by atoms with van der Waals surface area (Å²) in [5.74, 6) is -1.01. The van der Waals surface area contributed by atoms with Crippen molar-refractivity contribution in [2.75, 3.05) is 60.8 Å². The molecular formula is C28H54ClNO9. The number of ether oxygens (including phenoxy) is 6. The van der Waals surface area contributed by atoms with Crippen LogP contribution in [0.5, 0.6) is 0 Å². The monoisotopic (exact) mass is 583 g/mol. The van der Waals surface area contributed by atoms with Gasteiger partial charge in [0.1, 0.15) is 36.6 Å². The van der Waals surface area contributed by atoms with Crippen molar-refractivity contribution in [3.63, 3.8) is 0 Å². The van der Waals surface area contributed by atoms with Gasteiger partial charge >= 0.3 is 17.9 Å². The summed E-state index contributed by atoms with van der Waals surface area (Å²) in [5, 5.41) is 0. The Kier molecular flexibility index (Phi) is 17.0. The molecule has 0 aromatic rings. The standard InChI is InChI=1S/C28H54NO9.ClH/c1-25(2,3)36-22(30)13-16-33-19-28(29(10,11)12,20-34-17-14-23(31)37-26(4,5)6)21-35-18-15-24(32)38-27(7,8)9;/h13-21H2,1-12H3;1H/q+1;/p-1. The SMILES string of the molecule is CC(C)(C)OC(=O)CCOCC(COCCC(=O)OC(C)(C)C)(COCCC(=O)OC(C)(C)C)[N+](C)(C)C.[Cl-]. The highest BCUT2D eigenvalue weighted by molar-refractivity contribution is 5.70. The van der Waals surface area contributed by atoms with E-state index in [0.717, 1.165) is 0 Å². The number of rotatable bonds is 16. The van der Waals surface area contributed by atoms with Crippen LogP contribution in [0, 0.1) is 0 Å². The minimum absolute atomic E-state index is 0. The Hall–Kier alpha value is -1.46. The zero-order valence-corrected chi connectivity index (χ0v) is 27.1. The summed E-state index contributed by atoms with van der Waals surface area (Å²) in [7, 11) is 5.98. The molecule has 0 aliphatic carbocycles. The van der Waals surface area contributed by atoms with Gasteiger partial charge in [-0.3, -0.25) is 14.4 Å². The maximum Gasteiger partial charge on any atom is 0.308 e. The van der Waals surface area contributed by atoms with E-state index in [0.29, 0.717) is 4.48 Å². The summed E-state index contributed by atoms with van der Waals surface area (Å²) in [6, 6.07) is 0. The number of carbonyl (C=O) groups excluding carboxylic acids is 3. The van der Waals surface area contributed by atoms with Gasteiger partial charge in [0, 0.05) is 0 Å². The van der Waals surface area contributed by atoms with Crippen molar-refractivity contribution < 1.29 is 59.7 Å². The summed E-state index contributed by atoms with van der Waals surface area (Å²) < 4.78 is 34.3. The number of quaternary nitrogens is 1. The fraction of sp³-hybridized carbons (Fsp3) is 0.893. The largest absolute Gasteiger partial charge is 1.00 e. The van der Waals surface area contributed by atoms with Gasteiger partial charge in [-0.05, 0) is 62.3 Å². The number of esters is 3. The topological polar surface area (TPSA) is 107 Å². The summed E-state index contributed by atoms with van der Waals surface area (Å²) in [5.41, 5.74) is -2.37. The Morgan fingerprint density at radius 1 is 0.513 bits per heavy atom. The van der Waals surface area contributed by atoms with E-state index in [1.165, 1.54) is 0 Å². The third-order valence-corrected chi connectivity index (χ3v) is 5.15. The minimum atomic E-state index is -0.685. The van der Waals surface area contributed by atoms with Crippen LogP contribution in [0.15, 0.2) is 0 Å². The Balaban J connectivity index is 0. The second kappa shape index (κ2) is 16.7. The fourth-order valence-electron chi connectivity index (χ4n) is 3.14. The van der Waals surface area contributed by atoms with Gasteiger partial charge in [-0.2, -0.15) is 0 Å². The fourth-order valence-corrected chi connectivity index (χ4v) is 3.14. The molecule has 0 atom stereocenters. The second-order valence-corrected chi connectivity index (χ2v) is 13.4. The molecule has 0 heterocycles. The molecule has 0 spiro atoms. The van der Waals surface area contributed by atoms with Crippen LogP contribution in [0.3, 0.4) is 0 Å². The van der Waals surface area contributed by atoms with Crippen molar-refractivity contribution in [2.24, 2.45) is 0 Å². The lowest BCUT2D eigenvalue weighted by Gasteiger charge is -2.45. The normalized spacial score (nSPS) is 12.9. The molecule has 0 amide bonds. The highest BCUT2D eigenvalue weighted by Gasteiger charge is 2.44. The molecule has 0 unspecified atom stereocenters. The van der Waals surface area contributed by atoms with E-state index in [2.05, 4.69) is 0 Å².